The molecule has 0 bridgehead atoms. The molecule has 1 heterocycles. The van der Waals surface area contributed by atoms with Crippen molar-refractivity contribution in [3.8, 4) is 0 Å². The van der Waals surface area contributed by atoms with Crippen LogP contribution in [0.4, 0.5) is 0 Å². The lowest BCUT2D eigenvalue weighted by Gasteiger charge is -2.32. The summed E-state index contributed by atoms with van der Waals surface area (Å²) in [6.07, 6.45) is 3.89. The van der Waals surface area contributed by atoms with Crippen LogP contribution in [-0.4, -0.2) is 24.0 Å². The molecule has 2 atom stereocenters. The van der Waals surface area contributed by atoms with Crippen LogP contribution in [0.1, 0.15) is 48.9 Å². The van der Waals surface area contributed by atoms with Crippen molar-refractivity contribution in [2.24, 2.45) is 5.73 Å². The first kappa shape index (κ1) is 13.6. The smallest absolute Gasteiger partial charge is 0.0473 e. The van der Waals surface area contributed by atoms with Crippen LogP contribution in [0.2, 0.25) is 0 Å². The van der Waals surface area contributed by atoms with Gasteiger partial charge in [-0.3, -0.25) is 4.90 Å². The summed E-state index contributed by atoms with van der Waals surface area (Å²) in [6, 6.07) is 7.92. The normalized spacial score (nSPS) is 22.3. The minimum Gasteiger partial charge on any atom is -0.329 e. The third-order valence-electron chi connectivity index (χ3n) is 4.43. The second kappa shape index (κ2) is 5.85. The number of aryl methyl sites for hydroxylation is 2. The SMILES string of the molecule is CCC1CCCN1C(CN)c1ccc(C)c(C)c1. The van der Waals surface area contributed by atoms with E-state index in [1.165, 1.54) is 42.5 Å². The van der Waals surface area contributed by atoms with Crippen molar-refractivity contribution in [2.75, 3.05) is 13.1 Å². The van der Waals surface area contributed by atoms with Gasteiger partial charge in [-0.15, -0.1) is 0 Å². The van der Waals surface area contributed by atoms with E-state index in [0.717, 1.165) is 12.6 Å². The summed E-state index contributed by atoms with van der Waals surface area (Å²) in [4.78, 5) is 2.62. The molecule has 0 aliphatic carbocycles. The molecule has 2 heteroatoms. The van der Waals surface area contributed by atoms with Crippen molar-refractivity contribution < 1.29 is 0 Å². The molecule has 0 saturated carbocycles. The first-order chi connectivity index (χ1) is 8.67. The van der Waals surface area contributed by atoms with Crippen LogP contribution in [-0.2, 0) is 0 Å². The molecule has 0 spiro atoms. The summed E-state index contributed by atoms with van der Waals surface area (Å²) in [5.74, 6) is 0. The number of rotatable bonds is 4. The topological polar surface area (TPSA) is 29.3 Å². The van der Waals surface area contributed by atoms with Gasteiger partial charge in [0.15, 0.2) is 0 Å². The number of likely N-dealkylation sites (tertiary alicyclic amines) is 1. The summed E-state index contributed by atoms with van der Waals surface area (Å²) in [7, 11) is 0. The fourth-order valence-electron chi connectivity index (χ4n) is 3.14. The molecule has 2 unspecified atom stereocenters. The van der Waals surface area contributed by atoms with Crippen LogP contribution in [0, 0.1) is 13.8 Å². The zero-order valence-corrected chi connectivity index (χ0v) is 11.9. The highest BCUT2D eigenvalue weighted by Crippen LogP contribution is 2.30. The van der Waals surface area contributed by atoms with E-state index in [-0.39, 0.29) is 0 Å². The minimum atomic E-state index is 0.400. The Morgan fingerprint density at radius 1 is 1.33 bits per heavy atom. The Hall–Kier alpha value is -0.860. The Bertz CT molecular complexity index is 400. The van der Waals surface area contributed by atoms with Gasteiger partial charge < -0.3 is 5.73 Å². The molecule has 1 fully saturated rings. The maximum atomic E-state index is 6.05. The lowest BCUT2D eigenvalue weighted by Crippen LogP contribution is -2.37. The molecule has 2 N–H and O–H groups in total. The van der Waals surface area contributed by atoms with Crippen molar-refractivity contribution in [1.29, 1.82) is 0 Å². The largest absolute Gasteiger partial charge is 0.329 e. The molecule has 100 valence electrons. The lowest BCUT2D eigenvalue weighted by atomic mass is 9.99. The maximum Gasteiger partial charge on any atom is 0.0473 e. The second-order valence-electron chi connectivity index (χ2n) is 5.54. The van der Waals surface area contributed by atoms with Gasteiger partial charge in [-0.2, -0.15) is 0 Å². The molecule has 18 heavy (non-hydrogen) atoms. The van der Waals surface area contributed by atoms with Gasteiger partial charge in [-0.25, -0.2) is 0 Å². The summed E-state index contributed by atoms with van der Waals surface area (Å²) in [6.45, 7) is 8.57. The Balaban J connectivity index is 2.24. The lowest BCUT2D eigenvalue weighted by molar-refractivity contribution is 0.180. The number of nitrogens with two attached hydrogens (primary N) is 1. The van der Waals surface area contributed by atoms with Crippen molar-refractivity contribution in [3.05, 3.63) is 34.9 Å². The van der Waals surface area contributed by atoms with E-state index in [9.17, 15) is 0 Å². The number of benzene rings is 1. The Morgan fingerprint density at radius 3 is 2.72 bits per heavy atom. The summed E-state index contributed by atoms with van der Waals surface area (Å²) in [5, 5.41) is 0. The van der Waals surface area contributed by atoms with E-state index < -0.39 is 0 Å². The number of hydrogen-bond acceptors (Lipinski definition) is 2. The zero-order valence-electron chi connectivity index (χ0n) is 11.9. The van der Waals surface area contributed by atoms with E-state index in [4.69, 9.17) is 5.73 Å². The van der Waals surface area contributed by atoms with Gasteiger partial charge in [-0.1, -0.05) is 25.1 Å². The fourth-order valence-corrected chi connectivity index (χ4v) is 3.14. The Morgan fingerprint density at radius 2 is 2.11 bits per heavy atom. The van der Waals surface area contributed by atoms with Crippen LogP contribution in [0.3, 0.4) is 0 Å². The van der Waals surface area contributed by atoms with Crippen molar-refractivity contribution in [1.82, 2.24) is 4.90 Å². The average Bonchev–Trinajstić information content (AvgIpc) is 2.83. The van der Waals surface area contributed by atoms with Crippen LogP contribution >= 0.6 is 0 Å². The number of hydrogen-bond donors (Lipinski definition) is 1. The van der Waals surface area contributed by atoms with E-state index in [1.54, 1.807) is 0 Å². The van der Waals surface area contributed by atoms with Gasteiger partial charge in [0.05, 0.1) is 0 Å². The summed E-state index contributed by atoms with van der Waals surface area (Å²) in [5.41, 5.74) is 10.2. The van der Waals surface area contributed by atoms with Gasteiger partial charge in [0, 0.05) is 18.6 Å². The van der Waals surface area contributed by atoms with Gasteiger partial charge in [0.25, 0.3) is 0 Å². The molecule has 1 saturated heterocycles. The van der Waals surface area contributed by atoms with E-state index in [1.807, 2.05) is 0 Å². The van der Waals surface area contributed by atoms with Gasteiger partial charge in [0.2, 0.25) is 0 Å². The fraction of sp³-hybridized carbons (Fsp3) is 0.625. The molecule has 1 aromatic rings. The van der Waals surface area contributed by atoms with Crippen molar-refractivity contribution in [3.63, 3.8) is 0 Å². The van der Waals surface area contributed by atoms with Crippen molar-refractivity contribution >= 4 is 0 Å². The predicted molar refractivity (Wildman–Crippen MR) is 77.7 cm³/mol. The van der Waals surface area contributed by atoms with E-state index >= 15 is 0 Å². The molecule has 1 aromatic carbocycles. The molecule has 2 nitrogen and oxygen atoms in total. The highest BCUT2D eigenvalue weighted by molar-refractivity contribution is 5.32. The highest BCUT2D eigenvalue weighted by Gasteiger charge is 2.29. The number of nitrogens with zero attached hydrogens (tertiary/aromatic N) is 1. The van der Waals surface area contributed by atoms with Gasteiger partial charge in [-0.05, 0) is 56.3 Å². The van der Waals surface area contributed by atoms with E-state index in [2.05, 4.69) is 43.9 Å². The third-order valence-corrected chi connectivity index (χ3v) is 4.43. The van der Waals surface area contributed by atoms with Crippen LogP contribution < -0.4 is 5.73 Å². The van der Waals surface area contributed by atoms with Crippen molar-refractivity contribution in [2.45, 2.75) is 52.1 Å². The second-order valence-corrected chi connectivity index (χ2v) is 5.54. The monoisotopic (exact) mass is 246 g/mol. The molecule has 0 amide bonds. The molecule has 1 aliphatic heterocycles. The molecule has 0 radical (unpaired) electrons. The summed E-state index contributed by atoms with van der Waals surface area (Å²) >= 11 is 0. The van der Waals surface area contributed by atoms with Gasteiger partial charge in [0.1, 0.15) is 0 Å². The third kappa shape index (κ3) is 2.60. The molecular formula is C16H26N2. The first-order valence-corrected chi connectivity index (χ1v) is 7.20. The Labute approximate surface area is 111 Å². The molecule has 2 rings (SSSR count). The molecule has 1 aliphatic rings. The van der Waals surface area contributed by atoms with Gasteiger partial charge >= 0.3 is 0 Å². The highest BCUT2D eigenvalue weighted by atomic mass is 15.2. The van der Waals surface area contributed by atoms with Crippen LogP contribution in [0.5, 0.6) is 0 Å². The quantitative estimate of drug-likeness (QED) is 0.884. The minimum absolute atomic E-state index is 0.400. The standard InChI is InChI=1S/C16H26N2/c1-4-15-6-5-9-18(15)16(11-17)14-8-7-12(2)13(3)10-14/h7-8,10,15-16H,4-6,9,11,17H2,1-3H3. The molecular weight excluding hydrogens is 220 g/mol. The summed E-state index contributed by atoms with van der Waals surface area (Å²) < 4.78 is 0. The van der Waals surface area contributed by atoms with Crippen LogP contribution in [0.15, 0.2) is 18.2 Å². The zero-order chi connectivity index (χ0) is 13.1. The Kier molecular flexibility index (Phi) is 4.41. The average molecular weight is 246 g/mol. The maximum absolute atomic E-state index is 6.05. The van der Waals surface area contributed by atoms with E-state index in [0.29, 0.717) is 6.04 Å². The first-order valence-electron chi connectivity index (χ1n) is 7.20. The predicted octanol–water partition coefficient (Wildman–Crippen LogP) is 3.18. The molecule has 0 aromatic heterocycles. The van der Waals surface area contributed by atoms with Crippen LogP contribution in [0.25, 0.3) is 0 Å².